The van der Waals surface area contributed by atoms with Crippen molar-refractivity contribution in [3.63, 3.8) is 0 Å². The second-order valence-corrected chi connectivity index (χ2v) is 5.73. The molecule has 2 aliphatic rings. The second kappa shape index (κ2) is 8.00. The summed E-state index contributed by atoms with van der Waals surface area (Å²) in [6, 6.07) is 0.0948. The van der Waals surface area contributed by atoms with Gasteiger partial charge in [0.05, 0.1) is 6.04 Å². The van der Waals surface area contributed by atoms with Crippen LogP contribution >= 0.6 is 12.4 Å². The van der Waals surface area contributed by atoms with Gasteiger partial charge in [0.15, 0.2) is 0 Å². The Hall–Kier alpha value is -0.280. The fourth-order valence-corrected chi connectivity index (χ4v) is 3.18. The summed E-state index contributed by atoms with van der Waals surface area (Å²) in [6.07, 6.45) is 10.2. The molecule has 0 aromatic rings. The van der Waals surface area contributed by atoms with Gasteiger partial charge in [0, 0.05) is 13.6 Å². The number of carbonyl (C=O) groups excluding carboxylic acids is 1. The van der Waals surface area contributed by atoms with E-state index >= 15 is 0 Å². The molecule has 1 atom stereocenters. The molecule has 2 rings (SSSR count). The SMILES string of the molecule is CN(CC1CCCCC1)C(=O)[C@H]1CCCCN1.Cl. The highest BCUT2D eigenvalue weighted by Gasteiger charge is 2.25. The molecule has 0 unspecified atom stereocenters. The first kappa shape index (κ1) is 15.8. The molecule has 1 N–H and O–H groups in total. The van der Waals surface area contributed by atoms with Crippen molar-refractivity contribution in [3.05, 3.63) is 0 Å². The normalized spacial score (nSPS) is 25.3. The Morgan fingerprint density at radius 2 is 1.78 bits per heavy atom. The molecule has 1 aliphatic carbocycles. The highest BCUT2D eigenvalue weighted by Crippen LogP contribution is 2.24. The molecule has 1 heterocycles. The molecule has 1 amide bonds. The van der Waals surface area contributed by atoms with Gasteiger partial charge in [-0.05, 0) is 38.1 Å². The molecular formula is C14H27ClN2O. The topological polar surface area (TPSA) is 32.3 Å². The lowest BCUT2D eigenvalue weighted by molar-refractivity contribution is -0.133. The summed E-state index contributed by atoms with van der Waals surface area (Å²) >= 11 is 0. The molecule has 3 nitrogen and oxygen atoms in total. The number of amides is 1. The number of piperidine rings is 1. The van der Waals surface area contributed by atoms with Crippen molar-refractivity contribution in [2.24, 2.45) is 5.92 Å². The number of nitrogens with zero attached hydrogens (tertiary/aromatic N) is 1. The maximum atomic E-state index is 12.2. The van der Waals surface area contributed by atoms with Crippen molar-refractivity contribution < 1.29 is 4.79 Å². The van der Waals surface area contributed by atoms with E-state index in [2.05, 4.69) is 5.32 Å². The number of rotatable bonds is 3. The number of hydrogen-bond acceptors (Lipinski definition) is 2. The van der Waals surface area contributed by atoms with Crippen LogP contribution in [0.3, 0.4) is 0 Å². The van der Waals surface area contributed by atoms with Crippen LogP contribution in [0, 0.1) is 5.92 Å². The van der Waals surface area contributed by atoms with E-state index in [0.29, 0.717) is 5.91 Å². The molecule has 1 saturated carbocycles. The third-order valence-electron chi connectivity index (χ3n) is 4.24. The molecule has 0 bridgehead atoms. The van der Waals surface area contributed by atoms with Gasteiger partial charge in [-0.15, -0.1) is 12.4 Å². The van der Waals surface area contributed by atoms with Crippen LogP contribution in [0.25, 0.3) is 0 Å². The van der Waals surface area contributed by atoms with Crippen LogP contribution in [-0.2, 0) is 4.79 Å². The highest BCUT2D eigenvalue weighted by atomic mass is 35.5. The average molecular weight is 275 g/mol. The van der Waals surface area contributed by atoms with E-state index in [-0.39, 0.29) is 18.4 Å². The van der Waals surface area contributed by atoms with Gasteiger partial charge in [-0.25, -0.2) is 0 Å². The Labute approximate surface area is 117 Å². The van der Waals surface area contributed by atoms with Gasteiger partial charge < -0.3 is 10.2 Å². The predicted molar refractivity (Wildman–Crippen MR) is 77.1 cm³/mol. The van der Waals surface area contributed by atoms with Gasteiger partial charge >= 0.3 is 0 Å². The van der Waals surface area contributed by atoms with E-state index in [4.69, 9.17) is 0 Å². The van der Waals surface area contributed by atoms with Gasteiger partial charge in [0.1, 0.15) is 0 Å². The van der Waals surface area contributed by atoms with Crippen LogP contribution in [0.4, 0.5) is 0 Å². The van der Waals surface area contributed by atoms with Gasteiger partial charge in [-0.3, -0.25) is 4.79 Å². The standard InChI is InChI=1S/C14H26N2O.ClH/c1-16(11-12-7-3-2-4-8-12)14(17)13-9-5-6-10-15-13;/h12-13,15H,2-11H2,1H3;1H/t13-;/m1./s1. The third-order valence-corrected chi connectivity index (χ3v) is 4.24. The number of halogens is 1. The molecule has 0 spiro atoms. The predicted octanol–water partition coefficient (Wildman–Crippen LogP) is 2.59. The van der Waals surface area contributed by atoms with Gasteiger partial charge in [-0.2, -0.15) is 0 Å². The van der Waals surface area contributed by atoms with Crippen molar-refractivity contribution in [1.82, 2.24) is 10.2 Å². The third kappa shape index (κ3) is 4.43. The molecule has 0 aromatic carbocycles. The van der Waals surface area contributed by atoms with Gasteiger partial charge in [0.2, 0.25) is 5.91 Å². The lowest BCUT2D eigenvalue weighted by Crippen LogP contribution is -2.48. The highest BCUT2D eigenvalue weighted by molar-refractivity contribution is 5.85. The van der Waals surface area contributed by atoms with Crippen LogP contribution in [0.5, 0.6) is 0 Å². The van der Waals surface area contributed by atoms with Crippen molar-refractivity contribution in [2.75, 3.05) is 20.1 Å². The maximum Gasteiger partial charge on any atom is 0.239 e. The zero-order valence-corrected chi connectivity index (χ0v) is 12.3. The first-order chi connectivity index (χ1) is 8.27. The monoisotopic (exact) mass is 274 g/mol. The Balaban J connectivity index is 0.00000162. The maximum absolute atomic E-state index is 12.2. The van der Waals surface area contributed by atoms with Crippen molar-refractivity contribution in [2.45, 2.75) is 57.4 Å². The molecule has 106 valence electrons. The molecule has 1 saturated heterocycles. The molecule has 0 aromatic heterocycles. The minimum absolute atomic E-state index is 0. The molecule has 0 radical (unpaired) electrons. The summed E-state index contributed by atoms with van der Waals surface area (Å²) in [6.45, 7) is 1.98. The van der Waals surface area contributed by atoms with E-state index < -0.39 is 0 Å². The van der Waals surface area contributed by atoms with Crippen LogP contribution in [0.2, 0.25) is 0 Å². The van der Waals surface area contributed by atoms with Crippen LogP contribution < -0.4 is 5.32 Å². The Bertz CT molecular complexity index is 248. The van der Waals surface area contributed by atoms with Gasteiger partial charge in [-0.1, -0.05) is 25.7 Å². The molecular weight excluding hydrogens is 248 g/mol. The van der Waals surface area contributed by atoms with Crippen molar-refractivity contribution >= 4 is 18.3 Å². The molecule has 18 heavy (non-hydrogen) atoms. The minimum Gasteiger partial charge on any atom is -0.344 e. The summed E-state index contributed by atoms with van der Waals surface area (Å²) in [5.41, 5.74) is 0. The first-order valence-corrected chi connectivity index (χ1v) is 7.26. The second-order valence-electron chi connectivity index (χ2n) is 5.73. The summed E-state index contributed by atoms with van der Waals surface area (Å²) in [5, 5.41) is 3.35. The van der Waals surface area contributed by atoms with E-state index in [1.54, 1.807) is 0 Å². The lowest BCUT2D eigenvalue weighted by atomic mass is 9.89. The summed E-state index contributed by atoms with van der Waals surface area (Å²) in [4.78, 5) is 14.2. The first-order valence-electron chi connectivity index (χ1n) is 7.26. The number of carbonyl (C=O) groups is 1. The Morgan fingerprint density at radius 3 is 2.39 bits per heavy atom. The lowest BCUT2D eigenvalue weighted by Gasteiger charge is -2.31. The average Bonchev–Trinajstić information content (AvgIpc) is 2.40. The van der Waals surface area contributed by atoms with E-state index in [9.17, 15) is 4.79 Å². The van der Waals surface area contributed by atoms with Crippen LogP contribution in [0.15, 0.2) is 0 Å². The number of nitrogens with one attached hydrogen (secondary N) is 1. The Kier molecular flexibility index (Phi) is 7.02. The summed E-state index contributed by atoms with van der Waals surface area (Å²) in [7, 11) is 1.98. The van der Waals surface area contributed by atoms with Gasteiger partial charge in [0.25, 0.3) is 0 Å². The zero-order chi connectivity index (χ0) is 12.1. The quantitative estimate of drug-likeness (QED) is 0.858. The fraction of sp³-hybridized carbons (Fsp3) is 0.929. The van der Waals surface area contributed by atoms with E-state index in [1.165, 1.54) is 44.9 Å². The van der Waals surface area contributed by atoms with Crippen molar-refractivity contribution in [1.29, 1.82) is 0 Å². The largest absolute Gasteiger partial charge is 0.344 e. The molecule has 4 heteroatoms. The zero-order valence-electron chi connectivity index (χ0n) is 11.5. The van der Waals surface area contributed by atoms with E-state index in [0.717, 1.165) is 25.4 Å². The van der Waals surface area contributed by atoms with Crippen molar-refractivity contribution in [3.8, 4) is 0 Å². The summed E-state index contributed by atoms with van der Waals surface area (Å²) < 4.78 is 0. The number of hydrogen-bond donors (Lipinski definition) is 1. The molecule has 1 aliphatic heterocycles. The van der Waals surface area contributed by atoms with Crippen LogP contribution in [0.1, 0.15) is 51.4 Å². The molecule has 2 fully saturated rings. The van der Waals surface area contributed by atoms with E-state index in [1.807, 2.05) is 11.9 Å². The Morgan fingerprint density at radius 1 is 1.11 bits per heavy atom. The smallest absolute Gasteiger partial charge is 0.239 e. The summed E-state index contributed by atoms with van der Waals surface area (Å²) in [5.74, 6) is 1.07. The minimum atomic E-state index is 0. The number of likely N-dealkylation sites (N-methyl/N-ethyl adjacent to an activating group) is 1. The van der Waals surface area contributed by atoms with Crippen LogP contribution in [-0.4, -0.2) is 37.0 Å². The fourth-order valence-electron chi connectivity index (χ4n) is 3.18.